The Morgan fingerprint density at radius 1 is 0.975 bits per heavy atom. The minimum atomic E-state index is -0.788. The van der Waals surface area contributed by atoms with Crippen molar-refractivity contribution in [2.24, 2.45) is 5.92 Å². The number of amides is 1. The molecule has 0 radical (unpaired) electrons. The molecule has 0 saturated heterocycles. The summed E-state index contributed by atoms with van der Waals surface area (Å²) in [6.07, 6.45) is 6.45. The highest BCUT2D eigenvalue weighted by atomic mass is 32.2. The molecule has 1 aromatic heterocycles. The molecule has 0 aliphatic carbocycles. The smallest absolute Gasteiger partial charge is 0.307 e. The van der Waals surface area contributed by atoms with Crippen molar-refractivity contribution < 1.29 is 14.7 Å². The highest BCUT2D eigenvalue weighted by molar-refractivity contribution is 7.99. The molecule has 1 amide bonds. The van der Waals surface area contributed by atoms with Crippen LogP contribution in [0.2, 0.25) is 0 Å². The van der Waals surface area contributed by atoms with E-state index in [1.165, 1.54) is 11.8 Å². The van der Waals surface area contributed by atoms with Gasteiger partial charge in [-0.2, -0.15) is 0 Å². The van der Waals surface area contributed by atoms with Gasteiger partial charge in [0.25, 0.3) is 11.5 Å². The van der Waals surface area contributed by atoms with Crippen molar-refractivity contribution in [3.63, 3.8) is 0 Å². The molecule has 1 atom stereocenters. The molecular formula is C32H41N3O4S. The zero-order valence-corrected chi connectivity index (χ0v) is 24.7. The molecular weight excluding hydrogens is 522 g/mol. The quantitative estimate of drug-likeness (QED) is 0.153. The SMILES string of the molecule is CCCCCCCN(Cn1c(CC)nc(-c2ccccc2)cc1=O)C(=O)c1ccc(SCC(CC)C(=O)O)cc1. The van der Waals surface area contributed by atoms with Crippen LogP contribution >= 0.6 is 11.8 Å². The number of thioether (sulfide) groups is 1. The first-order valence-corrected chi connectivity index (χ1v) is 15.3. The molecule has 2 aromatic carbocycles. The zero-order chi connectivity index (χ0) is 28.9. The first kappa shape index (κ1) is 31.1. The van der Waals surface area contributed by atoms with E-state index in [0.717, 1.165) is 42.6 Å². The number of hydrogen-bond donors (Lipinski definition) is 1. The predicted molar refractivity (Wildman–Crippen MR) is 162 cm³/mol. The number of hydrogen-bond acceptors (Lipinski definition) is 5. The van der Waals surface area contributed by atoms with E-state index in [1.54, 1.807) is 27.7 Å². The van der Waals surface area contributed by atoms with Gasteiger partial charge in [-0.1, -0.05) is 76.8 Å². The van der Waals surface area contributed by atoms with Gasteiger partial charge in [-0.05, 0) is 37.1 Å². The van der Waals surface area contributed by atoms with Crippen LogP contribution in [0.1, 0.15) is 75.5 Å². The first-order chi connectivity index (χ1) is 19.4. The Kier molecular flexibility index (Phi) is 12.5. The summed E-state index contributed by atoms with van der Waals surface area (Å²) in [5.41, 5.74) is 1.89. The Morgan fingerprint density at radius 2 is 1.68 bits per heavy atom. The first-order valence-electron chi connectivity index (χ1n) is 14.3. The molecule has 7 nitrogen and oxygen atoms in total. The van der Waals surface area contributed by atoms with Crippen molar-refractivity contribution in [2.45, 2.75) is 77.3 Å². The standard InChI is InChI=1S/C32H41N3O4S/c1-4-7-8-9-13-20-34(31(37)26-16-18-27(19-17-26)40-22-24(5-2)32(38)39)23-35-29(6-3)33-28(21-30(35)36)25-14-11-10-12-15-25/h10-12,14-19,21,24H,4-9,13,20,22-23H2,1-3H3,(H,38,39). The summed E-state index contributed by atoms with van der Waals surface area (Å²) in [6.45, 7) is 6.70. The third-order valence-electron chi connectivity index (χ3n) is 7.00. The van der Waals surface area contributed by atoms with Crippen molar-refractivity contribution in [3.05, 3.63) is 82.4 Å². The molecule has 1 N–H and O–H groups in total. The van der Waals surface area contributed by atoms with Gasteiger partial charge in [0.05, 0.1) is 11.6 Å². The second-order valence-electron chi connectivity index (χ2n) is 9.95. The molecule has 1 heterocycles. The summed E-state index contributed by atoms with van der Waals surface area (Å²) < 4.78 is 1.61. The van der Waals surface area contributed by atoms with Crippen LogP contribution in [0.3, 0.4) is 0 Å². The van der Waals surface area contributed by atoms with Crippen molar-refractivity contribution in [1.82, 2.24) is 14.5 Å². The van der Waals surface area contributed by atoms with E-state index in [-0.39, 0.29) is 18.1 Å². The number of nitrogens with zero attached hydrogens (tertiary/aromatic N) is 3. The van der Waals surface area contributed by atoms with Gasteiger partial charge in [0, 0.05) is 40.8 Å². The van der Waals surface area contributed by atoms with Crippen LogP contribution in [0.4, 0.5) is 0 Å². The second kappa shape index (κ2) is 16.0. The molecule has 0 aliphatic rings. The van der Waals surface area contributed by atoms with Crippen molar-refractivity contribution in [3.8, 4) is 11.3 Å². The van der Waals surface area contributed by atoms with E-state index in [1.807, 2.05) is 56.3 Å². The van der Waals surface area contributed by atoms with Gasteiger partial charge in [-0.25, -0.2) is 4.98 Å². The number of carbonyl (C=O) groups is 2. The van der Waals surface area contributed by atoms with Gasteiger partial charge in [0.15, 0.2) is 0 Å². The van der Waals surface area contributed by atoms with E-state index >= 15 is 0 Å². The molecule has 0 saturated carbocycles. The Morgan fingerprint density at radius 3 is 2.30 bits per heavy atom. The van der Waals surface area contributed by atoms with Crippen LogP contribution in [0, 0.1) is 5.92 Å². The lowest BCUT2D eigenvalue weighted by Crippen LogP contribution is -2.39. The van der Waals surface area contributed by atoms with Crippen molar-refractivity contribution in [2.75, 3.05) is 12.3 Å². The summed E-state index contributed by atoms with van der Waals surface area (Å²) in [7, 11) is 0. The van der Waals surface area contributed by atoms with Crippen LogP contribution in [0.25, 0.3) is 11.3 Å². The summed E-state index contributed by atoms with van der Waals surface area (Å²) in [5, 5.41) is 9.31. The molecule has 8 heteroatoms. The Bertz CT molecular complexity index is 1290. The number of carbonyl (C=O) groups excluding carboxylic acids is 1. The van der Waals surface area contributed by atoms with Gasteiger partial charge in [-0.3, -0.25) is 19.0 Å². The Balaban J connectivity index is 1.82. The number of rotatable bonds is 16. The van der Waals surface area contributed by atoms with Crippen molar-refractivity contribution in [1.29, 1.82) is 0 Å². The number of aromatic nitrogens is 2. The number of unbranched alkanes of at least 4 members (excludes halogenated alkanes) is 4. The van der Waals surface area contributed by atoms with E-state index in [2.05, 4.69) is 6.92 Å². The molecule has 3 aromatic rings. The van der Waals surface area contributed by atoms with E-state index in [4.69, 9.17) is 4.98 Å². The fraction of sp³-hybridized carbons (Fsp3) is 0.438. The minimum Gasteiger partial charge on any atom is -0.481 e. The summed E-state index contributed by atoms with van der Waals surface area (Å²) in [5.74, 6) is -0.194. The highest BCUT2D eigenvalue weighted by Gasteiger charge is 2.20. The average Bonchev–Trinajstić information content (AvgIpc) is 2.97. The molecule has 0 bridgehead atoms. The van der Waals surface area contributed by atoms with Gasteiger partial charge >= 0.3 is 5.97 Å². The maximum Gasteiger partial charge on any atom is 0.307 e. The van der Waals surface area contributed by atoms with Crippen LogP contribution in [0.5, 0.6) is 0 Å². The molecule has 214 valence electrons. The Hall–Kier alpha value is -3.39. The maximum absolute atomic E-state index is 13.7. The van der Waals surface area contributed by atoms with Gasteiger partial charge < -0.3 is 10.0 Å². The second-order valence-corrected chi connectivity index (χ2v) is 11.0. The number of carboxylic acids is 1. The summed E-state index contributed by atoms with van der Waals surface area (Å²) >= 11 is 1.48. The maximum atomic E-state index is 13.7. The van der Waals surface area contributed by atoms with Crippen LogP contribution in [-0.4, -0.2) is 43.7 Å². The van der Waals surface area contributed by atoms with Gasteiger partial charge in [-0.15, -0.1) is 11.8 Å². The molecule has 0 fully saturated rings. The lowest BCUT2D eigenvalue weighted by molar-refractivity contribution is -0.140. The average molecular weight is 564 g/mol. The molecule has 0 spiro atoms. The molecule has 3 rings (SSSR count). The largest absolute Gasteiger partial charge is 0.481 e. The topological polar surface area (TPSA) is 92.5 Å². The molecule has 40 heavy (non-hydrogen) atoms. The highest BCUT2D eigenvalue weighted by Crippen LogP contribution is 2.23. The normalized spacial score (nSPS) is 11.8. The van der Waals surface area contributed by atoms with Gasteiger partial charge in [0.1, 0.15) is 12.5 Å². The monoisotopic (exact) mass is 563 g/mol. The number of carboxylic acid groups (broad SMARTS) is 1. The lowest BCUT2D eigenvalue weighted by Gasteiger charge is -2.25. The van der Waals surface area contributed by atoms with E-state index in [9.17, 15) is 19.5 Å². The minimum absolute atomic E-state index is 0.134. The van der Waals surface area contributed by atoms with Crippen LogP contribution < -0.4 is 5.56 Å². The van der Waals surface area contributed by atoms with Crippen LogP contribution in [-0.2, 0) is 17.9 Å². The fourth-order valence-electron chi connectivity index (χ4n) is 4.48. The predicted octanol–water partition coefficient (Wildman–Crippen LogP) is 6.75. The summed E-state index contributed by atoms with van der Waals surface area (Å²) in [6, 6.07) is 18.5. The number of aliphatic carboxylic acids is 1. The zero-order valence-electron chi connectivity index (χ0n) is 23.8. The number of benzene rings is 2. The number of aryl methyl sites for hydroxylation is 1. The third-order valence-corrected chi connectivity index (χ3v) is 8.17. The Labute approximate surface area is 241 Å². The summed E-state index contributed by atoms with van der Waals surface area (Å²) in [4.78, 5) is 45.8. The fourth-order valence-corrected chi connectivity index (χ4v) is 5.58. The third kappa shape index (κ3) is 8.81. The van der Waals surface area contributed by atoms with E-state index in [0.29, 0.717) is 42.2 Å². The molecule has 1 unspecified atom stereocenters. The van der Waals surface area contributed by atoms with Crippen LogP contribution in [0.15, 0.2) is 70.4 Å². The molecule has 0 aliphatic heterocycles. The van der Waals surface area contributed by atoms with Gasteiger partial charge in [0.2, 0.25) is 0 Å². The lowest BCUT2D eigenvalue weighted by atomic mass is 10.1. The van der Waals surface area contributed by atoms with Crippen molar-refractivity contribution >= 4 is 23.6 Å². The van der Waals surface area contributed by atoms with E-state index < -0.39 is 11.9 Å².